The van der Waals surface area contributed by atoms with Crippen LogP contribution in [0.15, 0.2) is 24.3 Å². The van der Waals surface area contributed by atoms with Crippen molar-refractivity contribution in [3.05, 3.63) is 34.9 Å². The summed E-state index contributed by atoms with van der Waals surface area (Å²) in [6.45, 7) is 1.86. The second-order valence-corrected chi connectivity index (χ2v) is 4.55. The molecule has 1 unspecified atom stereocenters. The first-order chi connectivity index (χ1) is 5.49. The normalized spacial score (nSPS) is 15.7. The number of thiol groups is 1. The monoisotopic (exact) mass is 201 g/mol. The lowest BCUT2D eigenvalue weighted by Crippen LogP contribution is -2.31. The van der Waals surface area contributed by atoms with Crippen LogP contribution in [0.1, 0.15) is 12.5 Å². The highest BCUT2D eigenvalue weighted by atomic mass is 35.5. The Balaban J connectivity index is 2.83. The average molecular weight is 202 g/mol. The van der Waals surface area contributed by atoms with E-state index in [4.69, 9.17) is 17.3 Å². The zero-order valence-corrected chi connectivity index (χ0v) is 8.57. The van der Waals surface area contributed by atoms with Gasteiger partial charge in [-0.05, 0) is 18.6 Å². The molecular weight excluding hydrogens is 190 g/mol. The number of benzene rings is 1. The second kappa shape index (κ2) is 3.69. The second-order valence-electron chi connectivity index (χ2n) is 3.13. The Morgan fingerprint density at radius 1 is 1.50 bits per heavy atom. The summed E-state index contributed by atoms with van der Waals surface area (Å²) in [5, 5.41) is 0.753. The zero-order chi connectivity index (χ0) is 9.19. The van der Waals surface area contributed by atoms with Gasteiger partial charge >= 0.3 is 0 Å². The Morgan fingerprint density at radius 3 is 2.58 bits per heavy atom. The molecule has 66 valence electrons. The molecule has 0 spiro atoms. The van der Waals surface area contributed by atoms with E-state index in [1.54, 1.807) is 0 Å². The first-order valence-electron chi connectivity index (χ1n) is 3.74. The number of nitrogens with two attached hydrogens (primary N) is 1. The molecule has 0 aromatic heterocycles. The molecule has 1 aromatic rings. The van der Waals surface area contributed by atoms with Crippen molar-refractivity contribution in [2.24, 2.45) is 5.73 Å². The summed E-state index contributed by atoms with van der Waals surface area (Å²) in [5.74, 6) is 0. The average Bonchev–Trinajstić information content (AvgIpc) is 1.91. The van der Waals surface area contributed by atoms with Crippen LogP contribution in [0.2, 0.25) is 5.02 Å². The molecule has 1 atom stereocenters. The van der Waals surface area contributed by atoms with Gasteiger partial charge in [-0.25, -0.2) is 0 Å². The van der Waals surface area contributed by atoms with Crippen molar-refractivity contribution in [3.63, 3.8) is 0 Å². The van der Waals surface area contributed by atoms with Crippen molar-refractivity contribution in [1.82, 2.24) is 0 Å². The predicted octanol–water partition coefficient (Wildman–Crippen LogP) is 2.49. The fourth-order valence-electron chi connectivity index (χ4n) is 1.03. The molecule has 2 N–H and O–H groups in total. The molecule has 0 heterocycles. The molecular formula is C9H12ClNS. The fraction of sp³-hybridized carbons (Fsp3) is 0.333. The van der Waals surface area contributed by atoms with Gasteiger partial charge in [0.2, 0.25) is 0 Å². The zero-order valence-electron chi connectivity index (χ0n) is 6.92. The van der Waals surface area contributed by atoms with Crippen LogP contribution in [-0.2, 0) is 6.42 Å². The lowest BCUT2D eigenvalue weighted by molar-refractivity contribution is 0.679. The molecule has 12 heavy (non-hydrogen) atoms. The molecule has 0 radical (unpaired) electrons. The molecule has 0 aliphatic carbocycles. The Bertz CT molecular complexity index is 267. The lowest BCUT2D eigenvalue weighted by Gasteiger charge is -2.17. The third-order valence-electron chi connectivity index (χ3n) is 1.51. The summed E-state index contributed by atoms with van der Waals surface area (Å²) >= 11 is 10.2. The van der Waals surface area contributed by atoms with Crippen LogP contribution in [0, 0.1) is 0 Å². The Morgan fingerprint density at radius 2 is 2.08 bits per heavy atom. The largest absolute Gasteiger partial charge is 0.317 e. The number of rotatable bonds is 2. The quantitative estimate of drug-likeness (QED) is 0.558. The molecule has 0 saturated heterocycles. The van der Waals surface area contributed by atoms with Crippen LogP contribution < -0.4 is 5.73 Å². The van der Waals surface area contributed by atoms with Crippen molar-refractivity contribution in [2.45, 2.75) is 18.2 Å². The summed E-state index contributed by atoms with van der Waals surface area (Å²) in [4.78, 5) is -0.495. The predicted molar refractivity (Wildman–Crippen MR) is 56.7 cm³/mol. The summed E-state index contributed by atoms with van der Waals surface area (Å²) in [7, 11) is 0. The van der Waals surface area contributed by atoms with Crippen molar-refractivity contribution in [3.8, 4) is 0 Å². The van der Waals surface area contributed by atoms with E-state index >= 15 is 0 Å². The van der Waals surface area contributed by atoms with Gasteiger partial charge in [0, 0.05) is 11.4 Å². The third kappa shape index (κ3) is 3.05. The molecule has 0 bridgehead atoms. The molecule has 0 amide bonds. The first kappa shape index (κ1) is 9.90. The molecule has 0 aliphatic heterocycles. The van der Waals surface area contributed by atoms with Crippen LogP contribution in [0.5, 0.6) is 0 Å². The number of halogens is 1. The van der Waals surface area contributed by atoms with E-state index in [-0.39, 0.29) is 0 Å². The van der Waals surface area contributed by atoms with Gasteiger partial charge in [0.1, 0.15) is 0 Å². The van der Waals surface area contributed by atoms with E-state index in [0.29, 0.717) is 6.42 Å². The van der Waals surface area contributed by atoms with E-state index in [9.17, 15) is 0 Å². The van der Waals surface area contributed by atoms with Gasteiger partial charge < -0.3 is 5.73 Å². The SMILES string of the molecule is CC(N)(S)Cc1ccccc1Cl. The maximum Gasteiger partial charge on any atom is 0.0603 e. The molecule has 3 heteroatoms. The molecule has 0 saturated carbocycles. The van der Waals surface area contributed by atoms with E-state index in [1.165, 1.54) is 0 Å². The minimum atomic E-state index is -0.495. The molecule has 1 nitrogen and oxygen atoms in total. The highest BCUT2D eigenvalue weighted by Crippen LogP contribution is 2.21. The summed E-state index contributed by atoms with van der Waals surface area (Å²) < 4.78 is 0. The van der Waals surface area contributed by atoms with Crippen LogP contribution in [0.25, 0.3) is 0 Å². The van der Waals surface area contributed by atoms with Crippen LogP contribution in [-0.4, -0.2) is 4.87 Å². The smallest absolute Gasteiger partial charge is 0.0603 e. The maximum atomic E-state index is 5.94. The Labute approximate surface area is 83.3 Å². The highest BCUT2D eigenvalue weighted by Gasteiger charge is 2.13. The van der Waals surface area contributed by atoms with E-state index in [1.807, 2.05) is 31.2 Å². The van der Waals surface area contributed by atoms with E-state index in [0.717, 1.165) is 10.6 Å². The van der Waals surface area contributed by atoms with Crippen LogP contribution >= 0.6 is 24.2 Å². The van der Waals surface area contributed by atoms with Crippen LogP contribution in [0.3, 0.4) is 0 Å². The summed E-state index contributed by atoms with van der Waals surface area (Å²) in [6.07, 6.45) is 0.676. The molecule has 0 aliphatic rings. The maximum absolute atomic E-state index is 5.94. The molecule has 0 fully saturated rings. The van der Waals surface area contributed by atoms with Crippen molar-refractivity contribution < 1.29 is 0 Å². The number of hydrogen-bond donors (Lipinski definition) is 2. The minimum Gasteiger partial charge on any atom is -0.317 e. The minimum absolute atomic E-state index is 0.495. The molecule has 1 rings (SSSR count). The number of hydrogen-bond acceptors (Lipinski definition) is 2. The van der Waals surface area contributed by atoms with Gasteiger partial charge in [0.15, 0.2) is 0 Å². The first-order valence-corrected chi connectivity index (χ1v) is 4.56. The van der Waals surface area contributed by atoms with Crippen LogP contribution in [0.4, 0.5) is 0 Å². The van der Waals surface area contributed by atoms with Gasteiger partial charge in [0.25, 0.3) is 0 Å². The van der Waals surface area contributed by atoms with Gasteiger partial charge in [-0.1, -0.05) is 29.8 Å². The Kier molecular flexibility index (Phi) is 3.04. The van der Waals surface area contributed by atoms with Gasteiger partial charge in [-0.2, -0.15) is 12.6 Å². The van der Waals surface area contributed by atoms with E-state index < -0.39 is 4.87 Å². The van der Waals surface area contributed by atoms with Gasteiger partial charge in [0.05, 0.1) is 4.87 Å². The lowest BCUT2D eigenvalue weighted by atomic mass is 10.1. The topological polar surface area (TPSA) is 26.0 Å². The fourth-order valence-corrected chi connectivity index (χ4v) is 1.40. The van der Waals surface area contributed by atoms with Crippen molar-refractivity contribution in [1.29, 1.82) is 0 Å². The standard InChI is InChI=1S/C9H12ClNS/c1-9(11,12)6-7-4-2-3-5-8(7)10/h2-5,12H,6,11H2,1H3. The summed E-state index contributed by atoms with van der Waals surface area (Å²) in [5.41, 5.74) is 6.78. The van der Waals surface area contributed by atoms with Crippen molar-refractivity contribution in [2.75, 3.05) is 0 Å². The highest BCUT2D eigenvalue weighted by molar-refractivity contribution is 7.81. The van der Waals surface area contributed by atoms with Crippen molar-refractivity contribution >= 4 is 24.2 Å². The van der Waals surface area contributed by atoms with Gasteiger partial charge in [-0.3, -0.25) is 0 Å². The Hall–Kier alpha value is -0.180. The molecule has 1 aromatic carbocycles. The third-order valence-corrected chi connectivity index (χ3v) is 2.03. The summed E-state index contributed by atoms with van der Waals surface area (Å²) in [6, 6.07) is 7.67. The van der Waals surface area contributed by atoms with Gasteiger partial charge in [-0.15, -0.1) is 0 Å². The van der Waals surface area contributed by atoms with E-state index in [2.05, 4.69) is 12.6 Å².